The highest BCUT2D eigenvalue weighted by atomic mass is 14.6. The Morgan fingerprint density at radius 2 is 1.17 bits per heavy atom. The van der Waals surface area contributed by atoms with Crippen LogP contribution in [0.4, 0.5) is 0 Å². The molecule has 0 aliphatic heterocycles. The number of nitrogens with zero attached hydrogens (tertiary/aromatic N) is 2. The molecule has 2 aromatic heterocycles. The molecule has 0 N–H and O–H groups in total. The van der Waals surface area contributed by atoms with Gasteiger partial charge in [0.15, 0.2) is 0 Å². The van der Waals surface area contributed by atoms with Gasteiger partial charge in [0.2, 0.25) is 0 Å². The van der Waals surface area contributed by atoms with E-state index in [1.165, 1.54) is 0 Å². The van der Waals surface area contributed by atoms with E-state index in [2.05, 4.69) is 22.4 Å². The Hall–Kier alpha value is -1.70. The summed E-state index contributed by atoms with van der Waals surface area (Å²) in [5.74, 6) is 0. The maximum atomic E-state index is 3.66. The Kier molecular flexibility index (Phi) is 4.23. The van der Waals surface area contributed by atoms with Crippen LogP contribution < -0.4 is 0 Å². The third kappa shape index (κ3) is 4.17. The highest BCUT2D eigenvalue weighted by Crippen LogP contribution is 1.73. The predicted octanol–water partition coefficient (Wildman–Crippen LogP) is 1.76. The molecule has 12 heavy (non-hydrogen) atoms. The SMILES string of the molecule is [c]1ccccn1.[c]1ccccn1. The molecule has 0 fully saturated rings. The minimum Gasteiger partial charge on any atom is -0.255 e. The second-order valence-corrected chi connectivity index (χ2v) is 1.92. The first-order valence-electron chi connectivity index (χ1n) is 3.54. The first kappa shape index (κ1) is 8.40. The first-order valence-corrected chi connectivity index (χ1v) is 3.54. The van der Waals surface area contributed by atoms with Crippen molar-refractivity contribution in [2.45, 2.75) is 0 Å². The van der Waals surface area contributed by atoms with E-state index in [4.69, 9.17) is 0 Å². The first-order chi connectivity index (χ1) is 6.00. The molecule has 0 bridgehead atoms. The summed E-state index contributed by atoms with van der Waals surface area (Å²) in [5, 5.41) is 0. The molecule has 0 saturated heterocycles. The molecule has 2 heteroatoms. The molecule has 2 rings (SSSR count). The maximum Gasteiger partial charge on any atom is 0.0886 e. The smallest absolute Gasteiger partial charge is 0.0886 e. The molecule has 0 saturated carbocycles. The molecule has 2 radical (unpaired) electrons. The lowest BCUT2D eigenvalue weighted by atomic mass is 10.5. The zero-order chi connectivity index (χ0) is 8.49. The summed E-state index contributed by atoms with van der Waals surface area (Å²) in [6.07, 6.45) is 8.67. The molecule has 0 unspecified atom stereocenters. The molecule has 0 atom stereocenters. The fourth-order valence-corrected chi connectivity index (χ4v) is 0.555. The Labute approximate surface area is 71.9 Å². The fourth-order valence-electron chi connectivity index (χ4n) is 0.555. The Bertz CT molecular complexity index is 183. The van der Waals surface area contributed by atoms with Crippen LogP contribution in [0.25, 0.3) is 0 Å². The van der Waals surface area contributed by atoms with Crippen LogP contribution in [0.3, 0.4) is 0 Å². The molecule has 0 spiro atoms. The van der Waals surface area contributed by atoms with Gasteiger partial charge in [-0.05, 0) is 24.3 Å². The van der Waals surface area contributed by atoms with Crippen LogP contribution in [0, 0.1) is 12.4 Å². The molecular weight excluding hydrogens is 148 g/mol. The largest absolute Gasteiger partial charge is 0.255 e. The number of hydrogen-bond donors (Lipinski definition) is 0. The molecule has 58 valence electrons. The van der Waals surface area contributed by atoms with Crippen molar-refractivity contribution in [2.24, 2.45) is 0 Å². The van der Waals surface area contributed by atoms with E-state index >= 15 is 0 Å². The topological polar surface area (TPSA) is 25.8 Å². The average Bonchev–Trinajstić information content (AvgIpc) is 2.24. The van der Waals surface area contributed by atoms with Gasteiger partial charge in [-0.2, -0.15) is 0 Å². The van der Waals surface area contributed by atoms with Gasteiger partial charge in [-0.3, -0.25) is 9.97 Å². The average molecular weight is 156 g/mol. The number of pyridine rings is 2. The lowest BCUT2D eigenvalue weighted by Gasteiger charge is -1.68. The molecule has 2 nitrogen and oxygen atoms in total. The van der Waals surface area contributed by atoms with Crippen molar-refractivity contribution in [1.29, 1.82) is 0 Å². The van der Waals surface area contributed by atoms with Crippen LogP contribution in [0.5, 0.6) is 0 Å². The van der Waals surface area contributed by atoms with Gasteiger partial charge in [-0.15, -0.1) is 0 Å². The van der Waals surface area contributed by atoms with E-state index in [0.717, 1.165) is 0 Å². The summed E-state index contributed by atoms with van der Waals surface area (Å²) in [4.78, 5) is 7.32. The van der Waals surface area contributed by atoms with Gasteiger partial charge in [0.25, 0.3) is 0 Å². The van der Waals surface area contributed by atoms with Crippen LogP contribution in [0.1, 0.15) is 0 Å². The van der Waals surface area contributed by atoms with E-state index in [-0.39, 0.29) is 0 Å². The molecule has 2 aromatic rings. The van der Waals surface area contributed by atoms with Crippen LogP contribution in [-0.2, 0) is 0 Å². The van der Waals surface area contributed by atoms with Crippen molar-refractivity contribution in [3.8, 4) is 0 Å². The quantitative estimate of drug-likeness (QED) is 0.580. The highest BCUT2D eigenvalue weighted by molar-refractivity contribution is 4.87. The predicted molar refractivity (Wildman–Crippen MR) is 46.1 cm³/mol. The van der Waals surface area contributed by atoms with Crippen molar-refractivity contribution < 1.29 is 0 Å². The number of hydrogen-bond acceptors (Lipinski definition) is 2. The molecule has 0 amide bonds. The monoisotopic (exact) mass is 156 g/mol. The Morgan fingerprint density at radius 1 is 0.667 bits per heavy atom. The van der Waals surface area contributed by atoms with E-state index in [9.17, 15) is 0 Å². The van der Waals surface area contributed by atoms with Crippen LogP contribution in [0.15, 0.2) is 48.8 Å². The lowest BCUT2D eigenvalue weighted by Crippen LogP contribution is -1.60. The number of aromatic nitrogens is 2. The van der Waals surface area contributed by atoms with Crippen molar-refractivity contribution in [3.05, 3.63) is 61.2 Å². The van der Waals surface area contributed by atoms with E-state index < -0.39 is 0 Å². The minimum absolute atomic E-state index is 1.69. The fraction of sp³-hybridized carbons (Fsp3) is 0. The standard InChI is InChI=1S/2C5H4N/c2*1-2-4-6-5-3-1/h2*1-4H. The summed E-state index contributed by atoms with van der Waals surface area (Å²) < 4.78 is 0. The van der Waals surface area contributed by atoms with Gasteiger partial charge in [0.05, 0.1) is 12.4 Å². The van der Waals surface area contributed by atoms with E-state index in [1.807, 2.05) is 24.3 Å². The van der Waals surface area contributed by atoms with Gasteiger partial charge >= 0.3 is 0 Å². The summed E-state index contributed by atoms with van der Waals surface area (Å²) in [6, 6.07) is 11.0. The highest BCUT2D eigenvalue weighted by Gasteiger charge is 1.60. The van der Waals surface area contributed by atoms with Crippen molar-refractivity contribution >= 4 is 0 Å². The zero-order valence-electron chi connectivity index (χ0n) is 6.51. The summed E-state index contributed by atoms with van der Waals surface area (Å²) in [6.45, 7) is 0. The number of rotatable bonds is 0. The van der Waals surface area contributed by atoms with Gasteiger partial charge in [-0.1, -0.05) is 12.1 Å². The second-order valence-electron chi connectivity index (χ2n) is 1.92. The van der Waals surface area contributed by atoms with Gasteiger partial charge in [0, 0.05) is 12.4 Å². The summed E-state index contributed by atoms with van der Waals surface area (Å²) in [7, 11) is 0. The van der Waals surface area contributed by atoms with Crippen LogP contribution in [-0.4, -0.2) is 9.97 Å². The van der Waals surface area contributed by atoms with E-state index in [1.54, 1.807) is 24.5 Å². The molecular formula is C10H8N2. The van der Waals surface area contributed by atoms with Crippen molar-refractivity contribution in [2.75, 3.05) is 0 Å². The van der Waals surface area contributed by atoms with Crippen LogP contribution in [0.2, 0.25) is 0 Å². The zero-order valence-corrected chi connectivity index (χ0v) is 6.51. The summed E-state index contributed by atoms with van der Waals surface area (Å²) >= 11 is 0. The minimum atomic E-state index is 1.69. The Balaban J connectivity index is 0.000000120. The van der Waals surface area contributed by atoms with E-state index in [0.29, 0.717) is 0 Å². The maximum absolute atomic E-state index is 3.66. The second kappa shape index (κ2) is 6.04. The van der Waals surface area contributed by atoms with Crippen LogP contribution >= 0.6 is 0 Å². The normalized spacial score (nSPS) is 8.00. The van der Waals surface area contributed by atoms with Gasteiger partial charge in [-0.25, -0.2) is 0 Å². The molecule has 2 heterocycles. The van der Waals surface area contributed by atoms with Gasteiger partial charge < -0.3 is 0 Å². The third-order valence-electron chi connectivity index (χ3n) is 1.03. The van der Waals surface area contributed by atoms with Gasteiger partial charge in [0.1, 0.15) is 0 Å². The molecule has 0 aliphatic carbocycles. The third-order valence-corrected chi connectivity index (χ3v) is 1.03. The molecule has 0 aliphatic rings. The van der Waals surface area contributed by atoms with Crippen molar-refractivity contribution in [1.82, 2.24) is 9.97 Å². The lowest BCUT2D eigenvalue weighted by molar-refractivity contribution is 1.31. The van der Waals surface area contributed by atoms with Crippen molar-refractivity contribution in [3.63, 3.8) is 0 Å². The Morgan fingerprint density at radius 3 is 1.25 bits per heavy atom. The molecule has 0 aromatic carbocycles. The summed E-state index contributed by atoms with van der Waals surface area (Å²) in [5.41, 5.74) is 0.